The Hall–Kier alpha value is -2.84. The number of rotatable bonds is 7. The average Bonchev–Trinajstić information content (AvgIpc) is 2.64. The number of halogens is 3. The molecule has 2 aromatic rings. The predicted octanol–water partition coefficient (Wildman–Crippen LogP) is 3.00. The molecule has 0 bridgehead atoms. The second-order valence-corrected chi connectivity index (χ2v) is 5.77. The fourth-order valence-corrected chi connectivity index (χ4v) is 2.33. The fraction of sp³-hybridized carbons (Fsp3) is 0.389. The Kier molecular flexibility index (Phi) is 7.39. The van der Waals surface area contributed by atoms with Gasteiger partial charge in [0.15, 0.2) is 5.96 Å². The molecule has 1 heterocycles. The second kappa shape index (κ2) is 9.75. The number of aromatic nitrogens is 2. The van der Waals surface area contributed by atoms with E-state index >= 15 is 0 Å². The predicted molar refractivity (Wildman–Crippen MR) is 99.4 cm³/mol. The van der Waals surface area contributed by atoms with E-state index in [1.54, 1.807) is 0 Å². The molecule has 0 aliphatic carbocycles. The number of benzene rings is 1. The first kappa shape index (κ1) is 20.5. The molecule has 0 atom stereocenters. The average molecular weight is 380 g/mol. The van der Waals surface area contributed by atoms with Crippen molar-refractivity contribution in [1.82, 2.24) is 20.2 Å². The zero-order valence-corrected chi connectivity index (χ0v) is 15.3. The van der Waals surface area contributed by atoms with Gasteiger partial charge in [-0.3, -0.25) is 4.99 Å². The van der Waals surface area contributed by atoms with E-state index in [9.17, 15) is 13.2 Å². The molecule has 27 heavy (non-hydrogen) atoms. The van der Waals surface area contributed by atoms with Crippen LogP contribution in [-0.4, -0.2) is 47.5 Å². The number of nitrogens with zero attached hydrogens (tertiary/aromatic N) is 4. The van der Waals surface area contributed by atoms with Crippen molar-refractivity contribution >= 4 is 11.9 Å². The first-order valence-corrected chi connectivity index (χ1v) is 8.57. The number of alkyl halides is 3. The van der Waals surface area contributed by atoms with Gasteiger partial charge in [0.1, 0.15) is 5.69 Å². The fourth-order valence-electron chi connectivity index (χ4n) is 2.33. The maximum atomic E-state index is 12.7. The summed E-state index contributed by atoms with van der Waals surface area (Å²) >= 11 is 0. The Balaban J connectivity index is 1.91. The van der Waals surface area contributed by atoms with E-state index in [1.165, 1.54) is 0 Å². The van der Waals surface area contributed by atoms with Crippen LogP contribution in [0.4, 0.5) is 19.1 Å². The molecule has 146 valence electrons. The molecular formula is C18H23F3N6. The molecule has 0 amide bonds. The summed E-state index contributed by atoms with van der Waals surface area (Å²) in [6.07, 6.45) is -3.41. The molecule has 0 saturated heterocycles. The third-order valence-corrected chi connectivity index (χ3v) is 3.56. The Bertz CT molecular complexity index is 733. The van der Waals surface area contributed by atoms with E-state index in [0.29, 0.717) is 32.1 Å². The van der Waals surface area contributed by atoms with Gasteiger partial charge in [0.2, 0.25) is 5.95 Å². The zero-order chi connectivity index (χ0) is 19.7. The third-order valence-electron chi connectivity index (χ3n) is 3.56. The van der Waals surface area contributed by atoms with Crippen LogP contribution in [0, 0.1) is 0 Å². The topological polar surface area (TPSA) is 65.4 Å². The van der Waals surface area contributed by atoms with Crippen molar-refractivity contribution in [1.29, 1.82) is 0 Å². The minimum atomic E-state index is -4.49. The molecule has 9 heteroatoms. The van der Waals surface area contributed by atoms with Gasteiger partial charge >= 0.3 is 6.18 Å². The van der Waals surface area contributed by atoms with Crippen molar-refractivity contribution in [3.05, 3.63) is 53.9 Å². The molecule has 0 spiro atoms. The molecule has 0 saturated carbocycles. The van der Waals surface area contributed by atoms with Gasteiger partial charge in [0, 0.05) is 32.9 Å². The van der Waals surface area contributed by atoms with Gasteiger partial charge in [0.25, 0.3) is 0 Å². The van der Waals surface area contributed by atoms with Gasteiger partial charge in [-0.05, 0) is 18.6 Å². The number of anilines is 1. The van der Waals surface area contributed by atoms with Gasteiger partial charge in [-0.25, -0.2) is 9.97 Å². The Morgan fingerprint density at radius 3 is 2.59 bits per heavy atom. The number of nitrogens with one attached hydrogen (secondary N) is 2. The van der Waals surface area contributed by atoms with Crippen LogP contribution in [0.5, 0.6) is 0 Å². The highest BCUT2D eigenvalue weighted by molar-refractivity contribution is 5.79. The Labute approximate surface area is 156 Å². The molecule has 2 N–H and O–H groups in total. The van der Waals surface area contributed by atoms with Crippen LogP contribution in [0.15, 0.2) is 47.6 Å². The minimum absolute atomic E-state index is 0.0670. The van der Waals surface area contributed by atoms with Crippen LogP contribution in [0.3, 0.4) is 0 Å². The quantitative estimate of drug-likeness (QED) is 0.439. The summed E-state index contributed by atoms with van der Waals surface area (Å²) in [5.74, 6) is 0.649. The van der Waals surface area contributed by atoms with E-state index in [2.05, 4.69) is 25.6 Å². The third kappa shape index (κ3) is 6.76. The summed E-state index contributed by atoms with van der Waals surface area (Å²) in [6.45, 7) is 4.05. The van der Waals surface area contributed by atoms with Crippen molar-refractivity contribution in [3.8, 4) is 0 Å². The second-order valence-electron chi connectivity index (χ2n) is 5.77. The number of hydrogen-bond acceptors (Lipinski definition) is 4. The molecular weight excluding hydrogens is 357 g/mol. The molecule has 0 aliphatic heterocycles. The summed E-state index contributed by atoms with van der Waals surface area (Å²) < 4.78 is 38.0. The Morgan fingerprint density at radius 2 is 1.93 bits per heavy atom. The first-order valence-electron chi connectivity index (χ1n) is 8.57. The normalized spacial score (nSPS) is 12.0. The van der Waals surface area contributed by atoms with Crippen molar-refractivity contribution in [3.63, 3.8) is 0 Å². The molecule has 2 rings (SSSR count). The number of aliphatic imine (C=N–C) groups is 1. The molecule has 0 radical (unpaired) electrons. The lowest BCUT2D eigenvalue weighted by atomic mass is 10.2. The monoisotopic (exact) mass is 380 g/mol. The van der Waals surface area contributed by atoms with E-state index in [4.69, 9.17) is 0 Å². The highest BCUT2D eigenvalue weighted by Crippen LogP contribution is 2.27. The van der Waals surface area contributed by atoms with Crippen molar-refractivity contribution in [2.45, 2.75) is 19.6 Å². The van der Waals surface area contributed by atoms with Gasteiger partial charge in [-0.15, -0.1) is 0 Å². The standard InChI is InChI=1S/C18H23F3N6/c1-3-22-17(27(2)13-14-7-5-4-6-8-14)25-12-11-24-16-23-10-9-15(26-16)18(19,20)21/h4-10H,3,11-13H2,1-2H3,(H,22,25)(H,23,24,26). The number of guanidine groups is 1. The van der Waals surface area contributed by atoms with E-state index in [1.807, 2.05) is 49.2 Å². The molecule has 1 aromatic carbocycles. The highest BCUT2D eigenvalue weighted by Gasteiger charge is 2.32. The van der Waals surface area contributed by atoms with Crippen molar-refractivity contribution in [2.75, 3.05) is 32.0 Å². The van der Waals surface area contributed by atoms with Crippen molar-refractivity contribution < 1.29 is 13.2 Å². The number of hydrogen-bond donors (Lipinski definition) is 2. The lowest BCUT2D eigenvalue weighted by molar-refractivity contribution is -0.141. The van der Waals surface area contributed by atoms with Gasteiger partial charge in [-0.2, -0.15) is 13.2 Å². The minimum Gasteiger partial charge on any atom is -0.357 e. The highest BCUT2D eigenvalue weighted by atomic mass is 19.4. The Morgan fingerprint density at radius 1 is 1.19 bits per heavy atom. The summed E-state index contributed by atoms with van der Waals surface area (Å²) in [5.41, 5.74) is 0.181. The van der Waals surface area contributed by atoms with Crippen LogP contribution >= 0.6 is 0 Å². The van der Waals surface area contributed by atoms with Crippen LogP contribution in [0.1, 0.15) is 18.2 Å². The largest absolute Gasteiger partial charge is 0.433 e. The summed E-state index contributed by atoms with van der Waals surface area (Å²) in [5, 5.41) is 5.97. The van der Waals surface area contributed by atoms with Gasteiger partial charge in [-0.1, -0.05) is 30.3 Å². The van der Waals surface area contributed by atoms with Crippen LogP contribution in [0.2, 0.25) is 0 Å². The first-order chi connectivity index (χ1) is 12.9. The summed E-state index contributed by atoms with van der Waals surface area (Å²) in [7, 11) is 1.93. The van der Waals surface area contributed by atoms with Crippen LogP contribution < -0.4 is 10.6 Å². The van der Waals surface area contributed by atoms with E-state index in [0.717, 1.165) is 17.8 Å². The molecule has 0 fully saturated rings. The van der Waals surface area contributed by atoms with Crippen molar-refractivity contribution in [2.24, 2.45) is 4.99 Å². The van der Waals surface area contributed by atoms with E-state index in [-0.39, 0.29) is 5.95 Å². The van der Waals surface area contributed by atoms with Crippen LogP contribution in [-0.2, 0) is 12.7 Å². The summed E-state index contributed by atoms with van der Waals surface area (Å²) in [6, 6.07) is 10.8. The van der Waals surface area contributed by atoms with Crippen LogP contribution in [0.25, 0.3) is 0 Å². The molecule has 1 aromatic heterocycles. The molecule has 0 aliphatic rings. The lowest BCUT2D eigenvalue weighted by Crippen LogP contribution is -2.38. The smallest absolute Gasteiger partial charge is 0.357 e. The molecule has 0 unspecified atom stereocenters. The van der Waals surface area contributed by atoms with E-state index < -0.39 is 11.9 Å². The molecule has 6 nitrogen and oxygen atoms in total. The van der Waals surface area contributed by atoms with Gasteiger partial charge < -0.3 is 15.5 Å². The maximum absolute atomic E-state index is 12.7. The van der Waals surface area contributed by atoms with Gasteiger partial charge in [0.05, 0.1) is 6.54 Å². The zero-order valence-electron chi connectivity index (χ0n) is 15.3. The summed E-state index contributed by atoms with van der Waals surface area (Å²) in [4.78, 5) is 13.7. The lowest BCUT2D eigenvalue weighted by Gasteiger charge is -2.22. The maximum Gasteiger partial charge on any atom is 0.433 e. The SMILES string of the molecule is CCNC(=NCCNc1nccc(C(F)(F)F)n1)N(C)Cc1ccccc1.